The van der Waals surface area contributed by atoms with E-state index in [1.807, 2.05) is 55.5 Å². The smallest absolute Gasteiger partial charge is 0.325 e. The molecule has 0 aliphatic carbocycles. The van der Waals surface area contributed by atoms with E-state index < -0.39 is 5.72 Å². The van der Waals surface area contributed by atoms with Gasteiger partial charge in [0.15, 0.2) is 17.2 Å². The topological polar surface area (TPSA) is 50.8 Å². The van der Waals surface area contributed by atoms with Crippen LogP contribution < -0.4 is 19.7 Å². The van der Waals surface area contributed by atoms with Gasteiger partial charge < -0.3 is 14.8 Å². The number of amides is 2. The van der Waals surface area contributed by atoms with Crippen LogP contribution in [0.1, 0.15) is 24.9 Å². The normalized spacial score (nSPS) is 25.2. The maximum absolute atomic E-state index is 12.7. The van der Waals surface area contributed by atoms with E-state index in [1.54, 1.807) is 12.0 Å². The third-order valence-electron chi connectivity index (χ3n) is 4.50. The van der Waals surface area contributed by atoms with Gasteiger partial charge in [-0.3, -0.25) is 4.90 Å². The first-order valence-electron chi connectivity index (χ1n) is 7.64. The molecule has 2 aromatic carbocycles. The van der Waals surface area contributed by atoms with Crippen LogP contribution in [0.15, 0.2) is 48.5 Å². The summed E-state index contributed by atoms with van der Waals surface area (Å²) < 4.78 is 11.7. The molecule has 5 nitrogen and oxygen atoms in total. The molecule has 118 valence electrons. The van der Waals surface area contributed by atoms with Gasteiger partial charge in [-0.15, -0.1) is 0 Å². The summed E-state index contributed by atoms with van der Waals surface area (Å²) in [5.41, 5.74) is 1.02. The number of carbonyl (C=O) groups excluding carboxylic acids is 1. The minimum absolute atomic E-state index is 0.0775. The van der Waals surface area contributed by atoms with E-state index in [-0.39, 0.29) is 12.1 Å². The molecule has 0 saturated carbocycles. The number of methoxy groups -OCH3 is 1. The Kier molecular flexibility index (Phi) is 2.98. The summed E-state index contributed by atoms with van der Waals surface area (Å²) in [6.45, 7) is 1.95. The van der Waals surface area contributed by atoms with E-state index in [4.69, 9.17) is 9.47 Å². The van der Waals surface area contributed by atoms with Crippen LogP contribution in [0.5, 0.6) is 11.5 Å². The highest BCUT2D eigenvalue weighted by Crippen LogP contribution is 2.48. The molecule has 2 heterocycles. The fourth-order valence-electron chi connectivity index (χ4n) is 3.49. The number of nitrogens with one attached hydrogen (secondary N) is 1. The lowest BCUT2D eigenvalue weighted by Crippen LogP contribution is -2.65. The molecule has 2 amide bonds. The van der Waals surface area contributed by atoms with Crippen molar-refractivity contribution >= 4 is 11.7 Å². The summed E-state index contributed by atoms with van der Waals surface area (Å²) in [6.07, 6.45) is 0.674. The number of hydrogen-bond acceptors (Lipinski definition) is 3. The number of anilines is 1. The van der Waals surface area contributed by atoms with Crippen molar-refractivity contribution in [2.24, 2.45) is 0 Å². The number of nitrogens with zero attached hydrogens (tertiary/aromatic N) is 1. The minimum Gasteiger partial charge on any atom is -0.493 e. The van der Waals surface area contributed by atoms with Crippen molar-refractivity contribution < 1.29 is 14.3 Å². The first kappa shape index (κ1) is 13.9. The zero-order valence-corrected chi connectivity index (χ0v) is 13.1. The number of hydrogen-bond donors (Lipinski definition) is 1. The molecule has 2 atom stereocenters. The van der Waals surface area contributed by atoms with Crippen molar-refractivity contribution in [3.8, 4) is 11.5 Å². The van der Waals surface area contributed by atoms with Crippen molar-refractivity contribution in [2.45, 2.75) is 25.1 Å². The predicted octanol–water partition coefficient (Wildman–Crippen LogP) is 3.46. The molecule has 4 rings (SSSR count). The standard InChI is InChI=1S/C18H18N2O3/c1-18-11-14(13-9-6-10-15(22-2)16(13)23-18)19-17(21)20(18)12-7-4-3-5-8-12/h3-10,14H,11H2,1-2H3,(H,19,21)/t14-,18+/m1/s1. The largest absolute Gasteiger partial charge is 0.493 e. The van der Waals surface area contributed by atoms with Crippen LogP contribution in [0.25, 0.3) is 0 Å². The minimum atomic E-state index is -0.754. The molecule has 0 aromatic heterocycles. The van der Waals surface area contributed by atoms with Gasteiger partial charge in [0, 0.05) is 17.7 Å². The fraction of sp³-hybridized carbons (Fsp3) is 0.278. The molecular weight excluding hydrogens is 292 g/mol. The van der Waals surface area contributed by atoms with Gasteiger partial charge in [0.25, 0.3) is 0 Å². The van der Waals surface area contributed by atoms with Crippen molar-refractivity contribution in [2.75, 3.05) is 12.0 Å². The molecule has 23 heavy (non-hydrogen) atoms. The van der Waals surface area contributed by atoms with Crippen molar-refractivity contribution in [1.82, 2.24) is 5.32 Å². The summed E-state index contributed by atoms with van der Waals surface area (Å²) in [5, 5.41) is 3.08. The maximum atomic E-state index is 12.7. The number of rotatable bonds is 2. The van der Waals surface area contributed by atoms with Gasteiger partial charge in [0.2, 0.25) is 0 Å². The number of fused-ring (bicyclic) bond motifs is 4. The van der Waals surface area contributed by atoms with Crippen LogP contribution in [0.3, 0.4) is 0 Å². The molecule has 2 bridgehead atoms. The molecule has 0 radical (unpaired) electrons. The second kappa shape index (κ2) is 4.91. The van der Waals surface area contributed by atoms with Gasteiger partial charge in [0.05, 0.1) is 13.2 Å². The quantitative estimate of drug-likeness (QED) is 0.924. The molecule has 2 aliphatic rings. The predicted molar refractivity (Wildman–Crippen MR) is 86.8 cm³/mol. The van der Waals surface area contributed by atoms with Gasteiger partial charge in [-0.25, -0.2) is 4.79 Å². The molecule has 2 aliphatic heterocycles. The van der Waals surface area contributed by atoms with E-state index in [1.165, 1.54) is 0 Å². The number of para-hydroxylation sites is 2. The Balaban J connectivity index is 1.83. The Morgan fingerprint density at radius 2 is 2.00 bits per heavy atom. The molecule has 2 aromatic rings. The van der Waals surface area contributed by atoms with Crippen LogP contribution in [0.2, 0.25) is 0 Å². The maximum Gasteiger partial charge on any atom is 0.325 e. The zero-order chi connectivity index (χ0) is 16.0. The summed E-state index contributed by atoms with van der Waals surface area (Å²) in [6, 6.07) is 15.1. The third-order valence-corrected chi connectivity index (χ3v) is 4.50. The first-order chi connectivity index (χ1) is 11.1. The Morgan fingerprint density at radius 1 is 1.22 bits per heavy atom. The highest BCUT2D eigenvalue weighted by atomic mass is 16.5. The average molecular weight is 310 g/mol. The molecule has 1 N–H and O–H groups in total. The van der Waals surface area contributed by atoms with Gasteiger partial charge in [-0.2, -0.15) is 0 Å². The number of ether oxygens (including phenoxy) is 2. The van der Waals surface area contributed by atoms with Crippen molar-refractivity contribution in [3.63, 3.8) is 0 Å². The molecule has 5 heteroatoms. The third kappa shape index (κ3) is 2.04. The van der Waals surface area contributed by atoms with Crippen LogP contribution in [-0.4, -0.2) is 18.9 Å². The van der Waals surface area contributed by atoms with Gasteiger partial charge in [0.1, 0.15) is 0 Å². The summed E-state index contributed by atoms with van der Waals surface area (Å²) in [4.78, 5) is 14.4. The first-order valence-corrected chi connectivity index (χ1v) is 7.64. The molecular formula is C18H18N2O3. The number of carbonyl (C=O) groups is 1. The van der Waals surface area contributed by atoms with Crippen LogP contribution in [-0.2, 0) is 0 Å². The highest BCUT2D eigenvalue weighted by Gasteiger charge is 2.50. The SMILES string of the molecule is COc1cccc2c1O[C@@]1(C)C[C@H]2NC(=O)N1c1ccccc1. The lowest BCUT2D eigenvalue weighted by atomic mass is 9.90. The Bertz CT molecular complexity index is 762. The van der Waals surface area contributed by atoms with Crippen LogP contribution in [0, 0.1) is 0 Å². The van der Waals surface area contributed by atoms with E-state index in [2.05, 4.69) is 5.32 Å². The Labute approximate surface area is 134 Å². The second-order valence-electron chi connectivity index (χ2n) is 6.03. The molecule has 0 spiro atoms. The lowest BCUT2D eigenvalue weighted by molar-refractivity contribution is 0.0349. The van der Waals surface area contributed by atoms with E-state index in [0.29, 0.717) is 17.9 Å². The Morgan fingerprint density at radius 3 is 2.74 bits per heavy atom. The molecule has 0 unspecified atom stereocenters. The van der Waals surface area contributed by atoms with E-state index in [0.717, 1.165) is 11.3 Å². The van der Waals surface area contributed by atoms with Crippen LogP contribution in [0.4, 0.5) is 10.5 Å². The zero-order valence-electron chi connectivity index (χ0n) is 13.1. The summed E-state index contributed by atoms with van der Waals surface area (Å²) in [7, 11) is 1.62. The van der Waals surface area contributed by atoms with E-state index >= 15 is 0 Å². The number of benzene rings is 2. The fourth-order valence-corrected chi connectivity index (χ4v) is 3.49. The molecule has 1 fully saturated rings. The van der Waals surface area contributed by atoms with Gasteiger partial charge in [-0.05, 0) is 25.1 Å². The van der Waals surface area contributed by atoms with Gasteiger partial charge >= 0.3 is 6.03 Å². The summed E-state index contributed by atoms with van der Waals surface area (Å²) >= 11 is 0. The highest BCUT2D eigenvalue weighted by molar-refractivity contribution is 5.95. The monoisotopic (exact) mass is 310 g/mol. The Hall–Kier alpha value is -2.69. The van der Waals surface area contributed by atoms with Crippen molar-refractivity contribution in [1.29, 1.82) is 0 Å². The van der Waals surface area contributed by atoms with Crippen molar-refractivity contribution in [3.05, 3.63) is 54.1 Å². The van der Waals surface area contributed by atoms with Crippen LogP contribution >= 0.6 is 0 Å². The average Bonchev–Trinajstić information content (AvgIpc) is 2.54. The number of urea groups is 1. The molecule has 1 saturated heterocycles. The second-order valence-corrected chi connectivity index (χ2v) is 6.03. The van der Waals surface area contributed by atoms with Gasteiger partial charge in [-0.1, -0.05) is 30.3 Å². The lowest BCUT2D eigenvalue weighted by Gasteiger charge is -2.50. The summed E-state index contributed by atoms with van der Waals surface area (Å²) in [5.74, 6) is 1.39. The van der Waals surface area contributed by atoms with E-state index in [9.17, 15) is 4.79 Å².